The Balaban J connectivity index is 1.98. The third-order valence-corrected chi connectivity index (χ3v) is 7.91. The SMILES string of the molecule is Cc1ccc(NS(=O)(=O)c2c(C)n[nH]c2C)cc1N1CCCCS1(=O)=O. The van der Waals surface area contributed by atoms with E-state index >= 15 is 0 Å². The van der Waals surface area contributed by atoms with Gasteiger partial charge in [-0.05, 0) is 51.3 Å². The first kappa shape index (κ1) is 18.7. The van der Waals surface area contributed by atoms with Gasteiger partial charge in [0.25, 0.3) is 10.0 Å². The van der Waals surface area contributed by atoms with Crippen LogP contribution in [0.3, 0.4) is 0 Å². The summed E-state index contributed by atoms with van der Waals surface area (Å²) in [5, 5.41) is 6.57. The minimum absolute atomic E-state index is 0.102. The van der Waals surface area contributed by atoms with E-state index in [1.165, 1.54) is 4.31 Å². The number of anilines is 2. The first-order chi connectivity index (χ1) is 12.1. The number of sulfonamides is 2. The van der Waals surface area contributed by atoms with Crippen molar-refractivity contribution in [2.75, 3.05) is 21.3 Å². The van der Waals surface area contributed by atoms with Gasteiger partial charge in [-0.3, -0.25) is 14.1 Å². The van der Waals surface area contributed by atoms with Crippen molar-refractivity contribution >= 4 is 31.4 Å². The van der Waals surface area contributed by atoms with Crippen molar-refractivity contribution in [2.24, 2.45) is 0 Å². The average molecular weight is 399 g/mol. The lowest BCUT2D eigenvalue weighted by atomic mass is 10.1. The largest absolute Gasteiger partial charge is 0.281 e. The summed E-state index contributed by atoms with van der Waals surface area (Å²) in [7, 11) is -7.21. The lowest BCUT2D eigenvalue weighted by Crippen LogP contribution is -2.38. The van der Waals surface area contributed by atoms with Crippen molar-refractivity contribution in [1.29, 1.82) is 0 Å². The molecule has 142 valence electrons. The molecule has 0 atom stereocenters. The molecule has 0 amide bonds. The maximum absolute atomic E-state index is 12.7. The molecule has 1 aliphatic heterocycles. The molecular weight excluding hydrogens is 376 g/mol. The summed E-state index contributed by atoms with van der Waals surface area (Å²) in [6.07, 6.45) is 1.42. The number of rotatable bonds is 4. The molecular formula is C16H22N4O4S2. The first-order valence-corrected chi connectivity index (χ1v) is 11.4. The van der Waals surface area contributed by atoms with E-state index in [9.17, 15) is 16.8 Å². The fourth-order valence-corrected chi connectivity index (χ4v) is 6.26. The van der Waals surface area contributed by atoms with Crippen LogP contribution >= 0.6 is 0 Å². The van der Waals surface area contributed by atoms with Crippen LogP contribution in [0.25, 0.3) is 0 Å². The standard InChI is InChI=1S/C16H22N4O4S2/c1-11-6-7-14(10-15(11)20-8-4-5-9-25(20,21)22)19-26(23,24)16-12(2)17-18-13(16)3/h6-7,10,19H,4-5,8-9H2,1-3H3,(H,17,18). The molecule has 10 heteroatoms. The number of benzene rings is 1. The van der Waals surface area contributed by atoms with Crippen LogP contribution in [0.5, 0.6) is 0 Å². The molecule has 2 aromatic rings. The van der Waals surface area contributed by atoms with Gasteiger partial charge in [0.15, 0.2) is 0 Å². The highest BCUT2D eigenvalue weighted by atomic mass is 32.2. The number of aromatic amines is 1. The van der Waals surface area contributed by atoms with Gasteiger partial charge in [-0.1, -0.05) is 6.07 Å². The zero-order valence-electron chi connectivity index (χ0n) is 14.9. The van der Waals surface area contributed by atoms with Crippen LogP contribution in [0.15, 0.2) is 23.1 Å². The summed E-state index contributed by atoms with van der Waals surface area (Å²) < 4.78 is 54.1. The molecule has 0 spiro atoms. The highest BCUT2D eigenvalue weighted by Gasteiger charge is 2.28. The van der Waals surface area contributed by atoms with Crippen molar-refractivity contribution in [3.05, 3.63) is 35.2 Å². The Kier molecular flexibility index (Phi) is 4.74. The van der Waals surface area contributed by atoms with E-state index in [0.717, 1.165) is 12.0 Å². The Bertz CT molecular complexity index is 1020. The molecule has 2 N–H and O–H groups in total. The van der Waals surface area contributed by atoms with Gasteiger partial charge in [-0.25, -0.2) is 16.8 Å². The van der Waals surface area contributed by atoms with Crippen molar-refractivity contribution < 1.29 is 16.8 Å². The molecule has 26 heavy (non-hydrogen) atoms. The van der Waals surface area contributed by atoms with Gasteiger partial charge >= 0.3 is 0 Å². The number of nitrogens with one attached hydrogen (secondary N) is 2. The zero-order chi connectivity index (χ0) is 19.1. The van der Waals surface area contributed by atoms with Crippen molar-refractivity contribution in [2.45, 2.75) is 38.5 Å². The highest BCUT2D eigenvalue weighted by Crippen LogP contribution is 2.30. The highest BCUT2D eigenvalue weighted by molar-refractivity contribution is 7.93. The topological polar surface area (TPSA) is 112 Å². The lowest BCUT2D eigenvalue weighted by molar-refractivity contribution is 0.574. The molecule has 0 bridgehead atoms. The van der Waals surface area contributed by atoms with Gasteiger partial charge in [0.2, 0.25) is 10.0 Å². The molecule has 1 saturated heterocycles. The van der Waals surface area contributed by atoms with E-state index in [2.05, 4.69) is 14.9 Å². The van der Waals surface area contributed by atoms with Gasteiger partial charge in [0, 0.05) is 6.54 Å². The fraction of sp³-hybridized carbons (Fsp3) is 0.438. The number of nitrogens with zero attached hydrogens (tertiary/aromatic N) is 2. The molecule has 0 saturated carbocycles. The summed E-state index contributed by atoms with van der Waals surface area (Å²) in [4.78, 5) is 0.102. The Hall–Kier alpha value is -2.07. The van der Waals surface area contributed by atoms with Crippen LogP contribution in [0.1, 0.15) is 29.8 Å². The van der Waals surface area contributed by atoms with E-state index in [4.69, 9.17) is 0 Å². The van der Waals surface area contributed by atoms with E-state index < -0.39 is 20.0 Å². The fourth-order valence-electron chi connectivity index (χ4n) is 3.14. The second-order valence-corrected chi connectivity index (χ2v) is 10.1. The molecule has 0 radical (unpaired) electrons. The van der Waals surface area contributed by atoms with Gasteiger partial charge in [-0.2, -0.15) is 5.10 Å². The van der Waals surface area contributed by atoms with Gasteiger partial charge in [0.1, 0.15) is 4.90 Å². The van der Waals surface area contributed by atoms with E-state index in [-0.39, 0.29) is 10.6 Å². The van der Waals surface area contributed by atoms with Crippen molar-refractivity contribution in [3.63, 3.8) is 0 Å². The summed E-state index contributed by atoms with van der Waals surface area (Å²) >= 11 is 0. The number of aromatic nitrogens is 2. The van der Waals surface area contributed by atoms with Crippen LogP contribution < -0.4 is 9.03 Å². The quantitative estimate of drug-likeness (QED) is 0.819. The summed E-state index contributed by atoms with van der Waals surface area (Å²) in [5.74, 6) is 0.107. The zero-order valence-corrected chi connectivity index (χ0v) is 16.5. The summed E-state index contributed by atoms with van der Waals surface area (Å²) in [6, 6.07) is 4.91. The third kappa shape index (κ3) is 3.43. The first-order valence-electron chi connectivity index (χ1n) is 8.27. The molecule has 1 fully saturated rings. The second-order valence-electron chi connectivity index (χ2n) is 6.47. The van der Waals surface area contributed by atoms with Crippen LogP contribution in [-0.2, 0) is 20.0 Å². The number of hydrogen-bond donors (Lipinski definition) is 2. The number of hydrogen-bond acceptors (Lipinski definition) is 5. The molecule has 1 aromatic carbocycles. The number of aryl methyl sites for hydroxylation is 3. The predicted octanol–water partition coefficient (Wildman–Crippen LogP) is 2.07. The second kappa shape index (κ2) is 6.58. The maximum Gasteiger partial charge on any atom is 0.265 e. The minimum atomic E-state index is -3.83. The van der Waals surface area contributed by atoms with E-state index in [0.29, 0.717) is 35.7 Å². The Morgan fingerprint density at radius 1 is 1.19 bits per heavy atom. The molecule has 1 aliphatic rings. The summed E-state index contributed by atoms with van der Waals surface area (Å²) in [6.45, 7) is 5.45. The van der Waals surface area contributed by atoms with Crippen molar-refractivity contribution in [1.82, 2.24) is 10.2 Å². The number of H-pyrrole nitrogens is 1. The molecule has 0 aliphatic carbocycles. The van der Waals surface area contributed by atoms with Crippen molar-refractivity contribution in [3.8, 4) is 0 Å². The predicted molar refractivity (Wildman–Crippen MR) is 100 cm³/mol. The minimum Gasteiger partial charge on any atom is -0.281 e. The normalized spacial score (nSPS) is 17.3. The maximum atomic E-state index is 12.7. The van der Waals surface area contributed by atoms with Gasteiger partial charge in [0.05, 0.1) is 28.5 Å². The Morgan fingerprint density at radius 2 is 1.92 bits per heavy atom. The van der Waals surface area contributed by atoms with Gasteiger partial charge in [-0.15, -0.1) is 0 Å². The molecule has 2 heterocycles. The third-order valence-electron chi connectivity index (χ3n) is 4.41. The van der Waals surface area contributed by atoms with Crippen LogP contribution in [0, 0.1) is 20.8 Å². The monoisotopic (exact) mass is 398 g/mol. The molecule has 1 aromatic heterocycles. The lowest BCUT2D eigenvalue weighted by Gasteiger charge is -2.29. The Labute approximate surface area is 153 Å². The molecule has 8 nitrogen and oxygen atoms in total. The Morgan fingerprint density at radius 3 is 2.54 bits per heavy atom. The van der Waals surface area contributed by atoms with E-state index in [1.807, 2.05) is 6.92 Å². The van der Waals surface area contributed by atoms with Crippen LogP contribution in [-0.4, -0.2) is 39.3 Å². The smallest absolute Gasteiger partial charge is 0.265 e. The molecule has 3 rings (SSSR count). The van der Waals surface area contributed by atoms with Crippen LogP contribution in [0.4, 0.5) is 11.4 Å². The summed E-state index contributed by atoms with van der Waals surface area (Å²) in [5.41, 5.74) is 2.41. The van der Waals surface area contributed by atoms with Crippen LogP contribution in [0.2, 0.25) is 0 Å². The average Bonchev–Trinajstić information content (AvgIpc) is 2.88. The molecule has 0 unspecified atom stereocenters. The van der Waals surface area contributed by atoms with E-state index in [1.54, 1.807) is 32.0 Å². The van der Waals surface area contributed by atoms with Gasteiger partial charge < -0.3 is 0 Å².